The molecule has 0 spiro atoms. The summed E-state index contributed by atoms with van der Waals surface area (Å²) >= 11 is 0. The van der Waals surface area contributed by atoms with Gasteiger partial charge >= 0.3 is 6.18 Å². The standard InChI is InChI=1S/C30H35F3N4O5/c1-36-24-9-8-22(17-27(38)34-11-14-37-12-2-3-13-37)42-26(24)18-41-25-10-7-21(16-23(25)29(36)40)35-28(39)19-5-4-6-20(15-19)30(31,32)33/h4-7,10,15-16,22,24,26H,2-3,8-9,11-14,17-18H2,1H3,(H,34,38)(H,35,39)/t22-,24-,26+/m1/s1. The van der Waals surface area contributed by atoms with Gasteiger partial charge in [-0.15, -0.1) is 0 Å². The van der Waals surface area contributed by atoms with Crippen molar-refractivity contribution in [1.29, 1.82) is 0 Å². The Labute approximate surface area is 242 Å². The molecule has 42 heavy (non-hydrogen) atoms. The highest BCUT2D eigenvalue weighted by atomic mass is 19.4. The molecule has 3 heterocycles. The third kappa shape index (κ3) is 7.04. The van der Waals surface area contributed by atoms with Crippen LogP contribution >= 0.6 is 0 Å². The van der Waals surface area contributed by atoms with Gasteiger partial charge in [-0.05, 0) is 75.2 Å². The monoisotopic (exact) mass is 588 g/mol. The summed E-state index contributed by atoms with van der Waals surface area (Å²) in [4.78, 5) is 42.6. The molecule has 0 aromatic heterocycles. The topological polar surface area (TPSA) is 100 Å². The van der Waals surface area contributed by atoms with Crippen molar-refractivity contribution in [2.75, 3.05) is 45.2 Å². The summed E-state index contributed by atoms with van der Waals surface area (Å²) in [6, 6.07) is 8.37. The molecule has 3 aliphatic heterocycles. The highest BCUT2D eigenvalue weighted by Crippen LogP contribution is 2.33. The Bertz CT molecular complexity index is 1310. The van der Waals surface area contributed by atoms with E-state index in [1.54, 1.807) is 11.9 Å². The van der Waals surface area contributed by atoms with Gasteiger partial charge in [0.25, 0.3) is 11.8 Å². The number of nitrogens with zero attached hydrogens (tertiary/aromatic N) is 2. The van der Waals surface area contributed by atoms with Crippen LogP contribution in [0.1, 0.15) is 58.4 Å². The Morgan fingerprint density at radius 2 is 1.86 bits per heavy atom. The molecule has 9 nitrogen and oxygen atoms in total. The van der Waals surface area contributed by atoms with Crippen molar-refractivity contribution < 1.29 is 37.0 Å². The van der Waals surface area contributed by atoms with Gasteiger partial charge in [-0.25, -0.2) is 0 Å². The van der Waals surface area contributed by atoms with E-state index in [1.165, 1.54) is 43.2 Å². The lowest BCUT2D eigenvalue weighted by molar-refractivity contribution is -0.137. The number of ether oxygens (including phenoxy) is 2. The highest BCUT2D eigenvalue weighted by Gasteiger charge is 2.39. The summed E-state index contributed by atoms with van der Waals surface area (Å²) in [5, 5.41) is 5.55. The van der Waals surface area contributed by atoms with Crippen molar-refractivity contribution in [1.82, 2.24) is 15.1 Å². The van der Waals surface area contributed by atoms with Crippen LogP contribution in [0.5, 0.6) is 5.75 Å². The van der Waals surface area contributed by atoms with Gasteiger partial charge in [0.1, 0.15) is 18.5 Å². The van der Waals surface area contributed by atoms with E-state index in [-0.39, 0.29) is 53.8 Å². The first kappa shape index (κ1) is 29.8. The predicted octanol–water partition coefficient (Wildman–Crippen LogP) is 3.94. The summed E-state index contributed by atoms with van der Waals surface area (Å²) in [5.41, 5.74) is -0.622. The van der Waals surface area contributed by atoms with E-state index in [0.29, 0.717) is 25.1 Å². The van der Waals surface area contributed by atoms with Crippen molar-refractivity contribution in [3.63, 3.8) is 0 Å². The predicted molar refractivity (Wildman–Crippen MR) is 148 cm³/mol. The quantitative estimate of drug-likeness (QED) is 0.509. The molecular weight excluding hydrogens is 553 g/mol. The van der Waals surface area contributed by atoms with E-state index in [9.17, 15) is 27.6 Å². The second-order valence-corrected chi connectivity index (χ2v) is 11.0. The number of nitrogens with one attached hydrogen (secondary N) is 2. The van der Waals surface area contributed by atoms with Crippen LogP contribution < -0.4 is 15.4 Å². The molecule has 3 amide bonds. The number of amides is 3. The van der Waals surface area contributed by atoms with E-state index in [0.717, 1.165) is 31.8 Å². The van der Waals surface area contributed by atoms with Crippen LogP contribution in [0.25, 0.3) is 0 Å². The first-order chi connectivity index (χ1) is 20.1. The summed E-state index contributed by atoms with van der Waals surface area (Å²) in [5.74, 6) is -0.830. The Kier molecular flexibility index (Phi) is 9.02. The Morgan fingerprint density at radius 3 is 2.62 bits per heavy atom. The molecule has 2 saturated heterocycles. The molecule has 0 aliphatic carbocycles. The first-order valence-electron chi connectivity index (χ1n) is 14.3. The lowest BCUT2D eigenvalue weighted by atomic mass is 9.94. The van der Waals surface area contributed by atoms with Crippen LogP contribution in [-0.2, 0) is 15.7 Å². The first-order valence-corrected chi connectivity index (χ1v) is 14.3. The number of likely N-dealkylation sites (N-methyl/N-ethyl adjacent to an activating group) is 1. The number of halogens is 3. The number of carbonyl (C=O) groups is 3. The molecule has 0 radical (unpaired) electrons. The average molecular weight is 589 g/mol. The minimum atomic E-state index is -4.58. The van der Waals surface area contributed by atoms with Gasteiger partial charge in [-0.3, -0.25) is 14.4 Å². The van der Waals surface area contributed by atoms with E-state index in [4.69, 9.17) is 9.47 Å². The number of fused-ring (bicyclic) bond motifs is 2. The summed E-state index contributed by atoms with van der Waals surface area (Å²) in [7, 11) is 1.68. The molecule has 0 unspecified atom stereocenters. The molecule has 2 N–H and O–H groups in total. The summed E-state index contributed by atoms with van der Waals surface area (Å²) in [6.45, 7) is 3.78. The van der Waals surface area contributed by atoms with Crippen LogP contribution in [0, 0.1) is 0 Å². The molecule has 0 saturated carbocycles. The number of benzene rings is 2. The van der Waals surface area contributed by atoms with Crippen molar-refractivity contribution in [3.05, 3.63) is 59.2 Å². The molecule has 2 fully saturated rings. The van der Waals surface area contributed by atoms with Gasteiger partial charge in [0.05, 0.1) is 29.7 Å². The zero-order chi connectivity index (χ0) is 29.9. The minimum absolute atomic E-state index is 0.0566. The fraction of sp³-hybridized carbons (Fsp3) is 0.500. The fourth-order valence-electron chi connectivity index (χ4n) is 5.78. The van der Waals surface area contributed by atoms with Crippen LogP contribution in [0.3, 0.4) is 0 Å². The van der Waals surface area contributed by atoms with Gasteiger partial charge in [0.2, 0.25) is 5.91 Å². The highest BCUT2D eigenvalue weighted by molar-refractivity contribution is 6.05. The van der Waals surface area contributed by atoms with Crippen LogP contribution in [0.4, 0.5) is 18.9 Å². The Balaban J connectivity index is 1.20. The van der Waals surface area contributed by atoms with E-state index >= 15 is 0 Å². The van der Waals surface area contributed by atoms with Crippen molar-refractivity contribution >= 4 is 23.4 Å². The maximum atomic E-state index is 13.5. The number of likely N-dealkylation sites (tertiary alicyclic amines) is 1. The normalized spacial score (nSPS) is 22.8. The molecule has 0 bridgehead atoms. The second kappa shape index (κ2) is 12.7. The van der Waals surface area contributed by atoms with E-state index in [1.807, 2.05) is 0 Å². The van der Waals surface area contributed by atoms with Crippen molar-refractivity contribution in [2.24, 2.45) is 0 Å². The minimum Gasteiger partial charge on any atom is -0.490 e. The number of rotatable bonds is 7. The Hall–Kier alpha value is -3.64. The maximum Gasteiger partial charge on any atom is 0.416 e. The Morgan fingerprint density at radius 1 is 1.07 bits per heavy atom. The van der Waals surface area contributed by atoms with Gasteiger partial charge in [-0.1, -0.05) is 6.07 Å². The van der Waals surface area contributed by atoms with Crippen molar-refractivity contribution in [3.8, 4) is 5.75 Å². The molecule has 3 atom stereocenters. The maximum absolute atomic E-state index is 13.5. The van der Waals surface area contributed by atoms with Crippen molar-refractivity contribution in [2.45, 2.75) is 56.5 Å². The number of hydrogen-bond donors (Lipinski definition) is 2. The van der Waals surface area contributed by atoms with Crippen LogP contribution in [-0.4, -0.2) is 85.6 Å². The summed E-state index contributed by atoms with van der Waals surface area (Å²) in [6.07, 6.45) is -1.39. The zero-order valence-corrected chi connectivity index (χ0v) is 23.4. The number of hydrogen-bond acceptors (Lipinski definition) is 6. The van der Waals surface area contributed by atoms with Crippen LogP contribution in [0.15, 0.2) is 42.5 Å². The van der Waals surface area contributed by atoms with Gasteiger partial charge < -0.3 is 29.9 Å². The fourth-order valence-corrected chi connectivity index (χ4v) is 5.78. The third-order valence-electron chi connectivity index (χ3n) is 8.08. The molecule has 12 heteroatoms. The average Bonchev–Trinajstić information content (AvgIpc) is 3.48. The lowest BCUT2D eigenvalue weighted by Crippen LogP contribution is -2.54. The largest absolute Gasteiger partial charge is 0.490 e. The third-order valence-corrected chi connectivity index (χ3v) is 8.08. The molecule has 2 aromatic rings. The smallest absolute Gasteiger partial charge is 0.416 e. The van der Waals surface area contributed by atoms with E-state index < -0.39 is 23.8 Å². The zero-order valence-electron chi connectivity index (χ0n) is 23.4. The molecule has 2 aromatic carbocycles. The number of anilines is 1. The molecular formula is C30H35F3N4O5. The number of carbonyl (C=O) groups excluding carboxylic acids is 3. The molecule has 3 aliphatic rings. The van der Waals surface area contributed by atoms with Gasteiger partial charge in [0.15, 0.2) is 0 Å². The van der Waals surface area contributed by atoms with E-state index in [2.05, 4.69) is 15.5 Å². The van der Waals surface area contributed by atoms with Gasteiger partial charge in [0, 0.05) is 31.4 Å². The van der Waals surface area contributed by atoms with Crippen LogP contribution in [0.2, 0.25) is 0 Å². The summed E-state index contributed by atoms with van der Waals surface area (Å²) < 4.78 is 51.4. The number of alkyl halides is 3. The molecule has 226 valence electrons. The SMILES string of the molecule is CN1C(=O)c2cc(NC(=O)c3cccc(C(F)(F)F)c3)ccc2OC[C@@H]2O[C@@H](CC(=O)NCCN3CCCC3)CC[C@H]21. The second-order valence-electron chi connectivity index (χ2n) is 11.0. The lowest BCUT2D eigenvalue weighted by Gasteiger charge is -2.42. The van der Waals surface area contributed by atoms with Gasteiger partial charge in [-0.2, -0.15) is 13.2 Å². The molecule has 5 rings (SSSR count).